The maximum Gasteiger partial charge on any atom is 0.0901 e. The molecule has 7 heteroatoms. The van der Waals surface area contributed by atoms with E-state index in [0.29, 0.717) is 15.1 Å². The van der Waals surface area contributed by atoms with Crippen molar-refractivity contribution < 1.29 is 4.39 Å². The van der Waals surface area contributed by atoms with E-state index in [2.05, 4.69) is 24.1 Å². The van der Waals surface area contributed by atoms with Crippen LogP contribution in [0.3, 0.4) is 0 Å². The van der Waals surface area contributed by atoms with Crippen LogP contribution in [0.4, 0.5) is 4.39 Å². The van der Waals surface area contributed by atoms with E-state index in [1.165, 1.54) is 0 Å². The van der Waals surface area contributed by atoms with Crippen LogP contribution in [-0.2, 0) is 5.54 Å². The van der Waals surface area contributed by atoms with E-state index in [9.17, 15) is 4.39 Å². The van der Waals surface area contributed by atoms with Gasteiger partial charge in [0, 0.05) is 39.0 Å². The van der Waals surface area contributed by atoms with Gasteiger partial charge in [-0.05, 0) is 62.8 Å². The maximum atomic E-state index is 14.0. The van der Waals surface area contributed by atoms with Crippen molar-refractivity contribution in [1.82, 2.24) is 10.6 Å². The summed E-state index contributed by atoms with van der Waals surface area (Å²) in [5.41, 5.74) is 7.97. The van der Waals surface area contributed by atoms with Crippen molar-refractivity contribution in [2.45, 2.75) is 36.9 Å². The normalized spacial score (nSPS) is 17.4. The second kappa shape index (κ2) is 11.6. The second-order valence-corrected chi connectivity index (χ2v) is 9.07. The molecule has 31 heavy (non-hydrogen) atoms. The van der Waals surface area contributed by atoms with Crippen LogP contribution in [0.1, 0.15) is 30.4 Å². The Hall–Kier alpha value is -1.14. The van der Waals surface area contributed by atoms with E-state index in [1.54, 1.807) is 24.3 Å². The van der Waals surface area contributed by atoms with Gasteiger partial charge in [-0.25, -0.2) is 0 Å². The molecule has 2 rings (SSSR count). The molecule has 0 aliphatic carbocycles. The first-order valence-electron chi connectivity index (χ1n) is 10.3. The van der Waals surface area contributed by atoms with Crippen LogP contribution >= 0.6 is 34.8 Å². The molecule has 0 saturated heterocycles. The highest BCUT2D eigenvalue weighted by Gasteiger charge is 2.49. The minimum atomic E-state index is -1.02. The maximum absolute atomic E-state index is 14.0. The van der Waals surface area contributed by atoms with Crippen molar-refractivity contribution in [3.8, 4) is 0 Å². The standard InChI is InChI=1S/C24H31Cl3FN3/c1-5-22(31-4)23(15(2)30-3)24(29,16-6-8-17(25)9-7-16)20(12-13-28)19-11-10-18(26)14-21(19)27/h5-11,14-15,20,22-23,30-31H,1,12-13,29H2,2-4H3. The number of halogens is 4. The van der Waals surface area contributed by atoms with Crippen molar-refractivity contribution in [2.75, 3.05) is 20.8 Å². The van der Waals surface area contributed by atoms with Crippen molar-refractivity contribution >= 4 is 34.8 Å². The van der Waals surface area contributed by atoms with Crippen LogP contribution < -0.4 is 16.4 Å². The van der Waals surface area contributed by atoms with Gasteiger partial charge in [0.1, 0.15) is 0 Å². The number of hydrogen-bond donors (Lipinski definition) is 3. The van der Waals surface area contributed by atoms with Crippen molar-refractivity contribution in [3.05, 3.63) is 81.3 Å². The molecule has 0 aliphatic heterocycles. The van der Waals surface area contributed by atoms with Gasteiger partial charge in [-0.15, -0.1) is 6.58 Å². The zero-order valence-corrected chi connectivity index (χ0v) is 20.4. The molecule has 0 aromatic heterocycles. The van der Waals surface area contributed by atoms with Gasteiger partial charge in [-0.2, -0.15) is 0 Å². The molecule has 0 fully saturated rings. The first-order valence-corrected chi connectivity index (χ1v) is 11.4. The topological polar surface area (TPSA) is 50.1 Å². The van der Waals surface area contributed by atoms with Crippen molar-refractivity contribution in [2.24, 2.45) is 11.7 Å². The van der Waals surface area contributed by atoms with Gasteiger partial charge < -0.3 is 16.4 Å². The third-order valence-corrected chi connectivity index (χ3v) is 6.99. The van der Waals surface area contributed by atoms with Crippen LogP contribution in [0, 0.1) is 5.92 Å². The van der Waals surface area contributed by atoms with Gasteiger partial charge in [0.25, 0.3) is 0 Å². The summed E-state index contributed by atoms with van der Waals surface area (Å²) >= 11 is 18.9. The molecule has 5 unspecified atom stereocenters. The summed E-state index contributed by atoms with van der Waals surface area (Å²) in [7, 11) is 3.75. The average molecular weight is 487 g/mol. The lowest BCUT2D eigenvalue weighted by atomic mass is 9.62. The minimum Gasteiger partial charge on any atom is -0.321 e. The summed E-state index contributed by atoms with van der Waals surface area (Å²) in [6.07, 6.45) is 2.03. The fraction of sp³-hybridized carbons (Fsp3) is 0.417. The molecule has 2 aromatic rings. The molecule has 5 atom stereocenters. The minimum absolute atomic E-state index is 0.0377. The number of nitrogens with one attached hydrogen (secondary N) is 2. The number of hydrogen-bond acceptors (Lipinski definition) is 3. The van der Waals surface area contributed by atoms with E-state index in [0.717, 1.165) is 11.1 Å². The number of rotatable bonds is 11. The van der Waals surface area contributed by atoms with E-state index < -0.39 is 18.1 Å². The van der Waals surface area contributed by atoms with Crippen molar-refractivity contribution in [3.63, 3.8) is 0 Å². The monoisotopic (exact) mass is 485 g/mol. The molecule has 2 aromatic carbocycles. The lowest BCUT2D eigenvalue weighted by Gasteiger charge is -2.49. The van der Waals surface area contributed by atoms with E-state index in [-0.39, 0.29) is 24.4 Å². The Bertz CT molecular complexity index is 862. The number of benzene rings is 2. The predicted molar refractivity (Wildman–Crippen MR) is 132 cm³/mol. The lowest BCUT2D eigenvalue weighted by molar-refractivity contribution is 0.146. The Morgan fingerprint density at radius 1 is 1.06 bits per heavy atom. The summed E-state index contributed by atoms with van der Waals surface area (Å²) in [5, 5.41) is 8.23. The van der Waals surface area contributed by atoms with Gasteiger partial charge in [0.2, 0.25) is 0 Å². The van der Waals surface area contributed by atoms with E-state index >= 15 is 0 Å². The summed E-state index contributed by atoms with van der Waals surface area (Å²) in [4.78, 5) is 0. The van der Waals surface area contributed by atoms with Crippen LogP contribution in [-0.4, -0.2) is 32.9 Å². The molecule has 4 N–H and O–H groups in total. The van der Waals surface area contributed by atoms with Gasteiger partial charge >= 0.3 is 0 Å². The quantitative estimate of drug-likeness (QED) is 0.344. The largest absolute Gasteiger partial charge is 0.321 e. The predicted octanol–water partition coefficient (Wildman–Crippen LogP) is 5.94. The van der Waals surface area contributed by atoms with Crippen molar-refractivity contribution in [1.29, 1.82) is 0 Å². The highest BCUT2D eigenvalue weighted by atomic mass is 35.5. The molecular formula is C24H31Cl3FN3. The number of likely N-dealkylation sites (N-methyl/N-ethyl adjacent to an activating group) is 1. The van der Waals surface area contributed by atoms with Gasteiger partial charge in [0.15, 0.2) is 0 Å². The molecule has 0 radical (unpaired) electrons. The fourth-order valence-electron chi connectivity index (χ4n) is 4.55. The molecule has 0 spiro atoms. The van der Waals surface area contributed by atoms with Gasteiger partial charge in [-0.1, -0.05) is 59.1 Å². The van der Waals surface area contributed by atoms with E-state index in [4.69, 9.17) is 40.5 Å². The fourth-order valence-corrected chi connectivity index (χ4v) is 5.22. The molecule has 0 aliphatic rings. The molecular weight excluding hydrogens is 456 g/mol. The molecule has 0 bridgehead atoms. The lowest BCUT2D eigenvalue weighted by Crippen LogP contribution is -2.61. The summed E-state index contributed by atoms with van der Waals surface area (Å²) in [5.74, 6) is -0.635. The summed E-state index contributed by atoms with van der Waals surface area (Å²) < 4.78 is 14.0. The van der Waals surface area contributed by atoms with Gasteiger partial charge in [0.05, 0.1) is 12.2 Å². The third kappa shape index (κ3) is 5.62. The SMILES string of the molecule is C=CC(NC)C(C(C)NC)C(N)(c1ccc(Cl)cc1)C(CCF)c1ccc(Cl)cc1Cl. The van der Waals surface area contributed by atoms with E-state index in [1.807, 2.05) is 38.4 Å². The zero-order valence-electron chi connectivity index (χ0n) is 18.1. The van der Waals surface area contributed by atoms with Gasteiger partial charge in [-0.3, -0.25) is 4.39 Å². The Labute approximate surface area is 200 Å². The molecule has 0 saturated carbocycles. The highest BCUT2D eigenvalue weighted by Crippen LogP contribution is 2.47. The average Bonchev–Trinajstić information content (AvgIpc) is 2.75. The Kier molecular flexibility index (Phi) is 9.81. The van der Waals surface area contributed by atoms with Crippen LogP contribution in [0.5, 0.6) is 0 Å². The number of nitrogens with two attached hydrogens (primary N) is 1. The number of alkyl halides is 1. The second-order valence-electron chi connectivity index (χ2n) is 7.79. The Balaban J connectivity index is 2.85. The molecule has 170 valence electrons. The third-order valence-electron chi connectivity index (χ3n) is 6.18. The summed E-state index contributed by atoms with van der Waals surface area (Å²) in [6, 6.07) is 12.5. The Morgan fingerprint density at radius 2 is 1.68 bits per heavy atom. The molecule has 0 amide bonds. The van der Waals surface area contributed by atoms with Crippen LogP contribution in [0.25, 0.3) is 0 Å². The first-order chi connectivity index (χ1) is 14.7. The summed E-state index contributed by atoms with van der Waals surface area (Å²) in [6.45, 7) is 5.53. The molecule has 3 nitrogen and oxygen atoms in total. The molecule has 0 heterocycles. The first kappa shape index (κ1) is 26.1. The zero-order chi connectivity index (χ0) is 23.2. The highest BCUT2D eigenvalue weighted by molar-refractivity contribution is 6.35. The smallest absolute Gasteiger partial charge is 0.0901 e. The van der Waals surface area contributed by atoms with Crippen LogP contribution in [0.15, 0.2) is 55.1 Å². The van der Waals surface area contributed by atoms with Crippen LogP contribution in [0.2, 0.25) is 15.1 Å². The Morgan fingerprint density at radius 3 is 2.16 bits per heavy atom.